The Morgan fingerprint density at radius 1 is 1.12 bits per heavy atom. The summed E-state index contributed by atoms with van der Waals surface area (Å²) in [7, 11) is 0. The van der Waals surface area contributed by atoms with Crippen molar-refractivity contribution in [2.24, 2.45) is 11.8 Å². The molecule has 2 atom stereocenters. The monoisotopic (exact) mass is 228 g/mol. The Morgan fingerprint density at radius 2 is 1.75 bits per heavy atom. The highest BCUT2D eigenvalue weighted by atomic mass is 16.5. The van der Waals surface area contributed by atoms with E-state index in [0.717, 1.165) is 12.3 Å². The molecule has 2 nitrogen and oxygen atoms in total. The van der Waals surface area contributed by atoms with Crippen LogP contribution in [0, 0.1) is 11.8 Å². The molecule has 2 heteroatoms. The Labute approximate surface area is 100 Å². The van der Waals surface area contributed by atoms with E-state index in [-0.39, 0.29) is 12.2 Å². The van der Waals surface area contributed by atoms with Gasteiger partial charge in [-0.15, -0.1) is 0 Å². The van der Waals surface area contributed by atoms with Crippen LogP contribution in [0.25, 0.3) is 0 Å². The average molecular weight is 228 g/mol. The van der Waals surface area contributed by atoms with Gasteiger partial charge < -0.3 is 9.84 Å². The van der Waals surface area contributed by atoms with Crippen molar-refractivity contribution in [2.75, 3.05) is 6.61 Å². The van der Waals surface area contributed by atoms with Crippen molar-refractivity contribution < 1.29 is 9.84 Å². The van der Waals surface area contributed by atoms with Crippen LogP contribution in [-0.4, -0.2) is 23.9 Å². The highest BCUT2D eigenvalue weighted by Crippen LogP contribution is 2.34. The molecule has 1 saturated carbocycles. The van der Waals surface area contributed by atoms with Gasteiger partial charge in [0.05, 0.1) is 12.2 Å². The number of aliphatic hydroxyl groups excluding tert-OH is 1. The summed E-state index contributed by atoms with van der Waals surface area (Å²) >= 11 is 0. The topological polar surface area (TPSA) is 29.5 Å². The molecule has 0 aromatic carbocycles. The maximum atomic E-state index is 10.3. The predicted octanol–water partition coefficient (Wildman–Crippen LogP) is 3.38. The van der Waals surface area contributed by atoms with Crippen LogP contribution in [0.3, 0.4) is 0 Å². The minimum absolute atomic E-state index is 0.0492. The normalized spacial score (nSPS) is 30.0. The standard InChI is InChI=1S/C14H28O2/c1-4-11-7-9-12(10-8-11)14(15)13(5-2)16-6-3/h11-15H,4-10H2,1-3H3. The van der Waals surface area contributed by atoms with Crippen molar-refractivity contribution >= 4 is 0 Å². The lowest BCUT2D eigenvalue weighted by molar-refractivity contribution is -0.0685. The second kappa shape index (κ2) is 7.29. The summed E-state index contributed by atoms with van der Waals surface area (Å²) in [6.07, 6.45) is 6.97. The van der Waals surface area contributed by atoms with Crippen LogP contribution in [0.4, 0.5) is 0 Å². The molecule has 2 unspecified atom stereocenters. The van der Waals surface area contributed by atoms with Crippen LogP contribution >= 0.6 is 0 Å². The lowest BCUT2D eigenvalue weighted by Gasteiger charge is -2.34. The van der Waals surface area contributed by atoms with Gasteiger partial charge >= 0.3 is 0 Å². The van der Waals surface area contributed by atoms with E-state index in [4.69, 9.17) is 4.74 Å². The molecule has 0 aromatic heterocycles. The Bertz CT molecular complexity index is 174. The Kier molecular flexibility index (Phi) is 6.37. The van der Waals surface area contributed by atoms with Crippen molar-refractivity contribution in [1.82, 2.24) is 0 Å². The molecule has 1 aliphatic carbocycles. The van der Waals surface area contributed by atoms with Crippen molar-refractivity contribution in [3.8, 4) is 0 Å². The summed E-state index contributed by atoms with van der Waals surface area (Å²) in [5, 5.41) is 10.3. The van der Waals surface area contributed by atoms with E-state index < -0.39 is 0 Å². The molecular weight excluding hydrogens is 200 g/mol. The van der Waals surface area contributed by atoms with Crippen LogP contribution in [-0.2, 0) is 4.74 Å². The van der Waals surface area contributed by atoms with Gasteiger partial charge in [0.2, 0.25) is 0 Å². The molecule has 1 aliphatic rings. The van der Waals surface area contributed by atoms with Crippen LogP contribution in [0.5, 0.6) is 0 Å². The molecule has 0 aliphatic heterocycles. The van der Waals surface area contributed by atoms with Gasteiger partial charge in [-0.3, -0.25) is 0 Å². The van der Waals surface area contributed by atoms with Crippen molar-refractivity contribution in [3.05, 3.63) is 0 Å². The Morgan fingerprint density at radius 3 is 2.19 bits per heavy atom. The van der Waals surface area contributed by atoms with Crippen LogP contribution in [0.15, 0.2) is 0 Å². The first-order valence-corrected chi connectivity index (χ1v) is 7.02. The smallest absolute Gasteiger partial charge is 0.0833 e. The zero-order chi connectivity index (χ0) is 12.0. The molecule has 0 amide bonds. The van der Waals surface area contributed by atoms with E-state index in [0.29, 0.717) is 12.5 Å². The molecule has 0 aromatic rings. The van der Waals surface area contributed by atoms with Gasteiger partial charge in [0.25, 0.3) is 0 Å². The first kappa shape index (κ1) is 14.0. The van der Waals surface area contributed by atoms with E-state index >= 15 is 0 Å². The SMILES string of the molecule is CCOC(CC)C(O)C1CCC(CC)CC1. The maximum absolute atomic E-state index is 10.3. The van der Waals surface area contributed by atoms with E-state index in [1.807, 2.05) is 6.92 Å². The number of ether oxygens (including phenoxy) is 1. The van der Waals surface area contributed by atoms with Crippen molar-refractivity contribution in [2.45, 2.75) is 71.5 Å². The second-order valence-electron chi connectivity index (χ2n) is 5.08. The third kappa shape index (κ3) is 3.74. The van der Waals surface area contributed by atoms with Crippen molar-refractivity contribution in [3.63, 3.8) is 0 Å². The van der Waals surface area contributed by atoms with E-state index in [1.165, 1.54) is 32.1 Å². The fourth-order valence-electron chi connectivity index (χ4n) is 2.91. The third-order valence-electron chi connectivity index (χ3n) is 4.12. The largest absolute Gasteiger partial charge is 0.390 e. The van der Waals surface area contributed by atoms with Gasteiger partial charge in [0.15, 0.2) is 0 Å². The first-order chi connectivity index (χ1) is 7.72. The van der Waals surface area contributed by atoms with Crippen LogP contribution in [0.1, 0.15) is 59.3 Å². The fraction of sp³-hybridized carbons (Fsp3) is 1.00. The van der Waals surface area contributed by atoms with E-state index in [9.17, 15) is 5.11 Å². The van der Waals surface area contributed by atoms with Gasteiger partial charge in [0, 0.05) is 6.61 Å². The summed E-state index contributed by atoms with van der Waals surface area (Å²) in [5.41, 5.74) is 0. The van der Waals surface area contributed by atoms with Crippen LogP contribution < -0.4 is 0 Å². The van der Waals surface area contributed by atoms with Crippen LogP contribution in [0.2, 0.25) is 0 Å². The molecule has 1 fully saturated rings. The molecule has 96 valence electrons. The fourth-order valence-corrected chi connectivity index (χ4v) is 2.91. The molecule has 0 heterocycles. The molecule has 1 N–H and O–H groups in total. The minimum Gasteiger partial charge on any atom is -0.390 e. The van der Waals surface area contributed by atoms with Gasteiger partial charge in [-0.1, -0.05) is 33.1 Å². The molecular formula is C14H28O2. The highest BCUT2D eigenvalue weighted by Gasteiger charge is 2.30. The lowest BCUT2D eigenvalue weighted by atomic mass is 9.77. The molecule has 16 heavy (non-hydrogen) atoms. The summed E-state index contributed by atoms with van der Waals surface area (Å²) in [6, 6.07) is 0. The molecule has 1 rings (SSSR count). The van der Waals surface area contributed by atoms with Gasteiger partial charge in [-0.05, 0) is 38.0 Å². The molecule has 0 radical (unpaired) electrons. The summed E-state index contributed by atoms with van der Waals surface area (Å²) in [6.45, 7) is 7.08. The van der Waals surface area contributed by atoms with Gasteiger partial charge in [-0.2, -0.15) is 0 Å². The lowest BCUT2D eigenvalue weighted by Crippen LogP contribution is -2.37. The molecule has 0 saturated heterocycles. The molecule has 0 spiro atoms. The summed E-state index contributed by atoms with van der Waals surface area (Å²) in [5.74, 6) is 1.37. The first-order valence-electron chi connectivity index (χ1n) is 7.02. The number of rotatable bonds is 6. The minimum atomic E-state index is -0.247. The number of aliphatic hydroxyl groups is 1. The van der Waals surface area contributed by atoms with Gasteiger partial charge in [0.1, 0.15) is 0 Å². The quantitative estimate of drug-likeness (QED) is 0.755. The van der Waals surface area contributed by atoms with E-state index in [1.54, 1.807) is 0 Å². The zero-order valence-corrected chi connectivity index (χ0v) is 11.1. The number of hydrogen-bond donors (Lipinski definition) is 1. The highest BCUT2D eigenvalue weighted by molar-refractivity contribution is 4.81. The summed E-state index contributed by atoms with van der Waals surface area (Å²) < 4.78 is 5.61. The predicted molar refractivity (Wildman–Crippen MR) is 67.5 cm³/mol. The maximum Gasteiger partial charge on any atom is 0.0833 e. The Balaban J connectivity index is 2.39. The van der Waals surface area contributed by atoms with Crippen molar-refractivity contribution in [1.29, 1.82) is 0 Å². The number of hydrogen-bond acceptors (Lipinski definition) is 2. The van der Waals surface area contributed by atoms with E-state index in [2.05, 4.69) is 13.8 Å². The third-order valence-corrected chi connectivity index (χ3v) is 4.12. The zero-order valence-electron chi connectivity index (χ0n) is 11.1. The summed E-state index contributed by atoms with van der Waals surface area (Å²) in [4.78, 5) is 0. The average Bonchev–Trinajstić information content (AvgIpc) is 2.35. The molecule has 0 bridgehead atoms. The van der Waals surface area contributed by atoms with Gasteiger partial charge in [-0.25, -0.2) is 0 Å². The second-order valence-corrected chi connectivity index (χ2v) is 5.08. The Hall–Kier alpha value is -0.0800.